The molecule has 0 aromatic heterocycles. The first-order valence-corrected chi connectivity index (χ1v) is 25.3. The van der Waals surface area contributed by atoms with Gasteiger partial charge in [-0.15, -0.1) is 0 Å². The number of rotatable bonds is 31. The molecule has 0 radical (unpaired) electrons. The van der Waals surface area contributed by atoms with Gasteiger partial charge in [0.15, 0.2) is 0 Å². The lowest BCUT2D eigenvalue weighted by atomic mass is 10.1. The van der Waals surface area contributed by atoms with Crippen molar-refractivity contribution >= 4 is 11.9 Å². The van der Waals surface area contributed by atoms with Gasteiger partial charge in [-0.2, -0.15) is 0 Å². The van der Waals surface area contributed by atoms with Crippen LogP contribution >= 0.6 is 0 Å². The van der Waals surface area contributed by atoms with E-state index in [0.717, 1.165) is 82.4 Å². The van der Waals surface area contributed by atoms with Crippen LogP contribution in [-0.2, 0) is 22.7 Å². The normalized spacial score (nSPS) is 11.4. The van der Waals surface area contributed by atoms with Gasteiger partial charge in [0, 0.05) is 0 Å². The lowest BCUT2D eigenvalue weighted by Crippen LogP contribution is -2.16. The summed E-state index contributed by atoms with van der Waals surface area (Å²) in [5, 5.41) is 0. The van der Waals surface area contributed by atoms with Crippen molar-refractivity contribution in [3.8, 4) is 45.3 Å². The number of carbonyl (C=O) groups is 2. The molecule has 0 heterocycles. The fourth-order valence-corrected chi connectivity index (χ4v) is 7.86. The van der Waals surface area contributed by atoms with Crippen LogP contribution in [0.4, 0.5) is 0 Å². The van der Waals surface area contributed by atoms with E-state index in [1.54, 1.807) is 24.3 Å². The molecule has 0 aliphatic carbocycles. The van der Waals surface area contributed by atoms with Crippen molar-refractivity contribution in [1.82, 2.24) is 0 Å². The number of hydrogen-bond donors (Lipinski definition) is 0. The highest BCUT2D eigenvalue weighted by molar-refractivity contribution is 5.90. The predicted molar refractivity (Wildman–Crippen MR) is 277 cm³/mol. The summed E-state index contributed by atoms with van der Waals surface area (Å²) in [6, 6.07) is 47.1. The first-order valence-electron chi connectivity index (χ1n) is 25.3. The van der Waals surface area contributed by atoms with Gasteiger partial charge in [-0.25, -0.2) is 9.59 Å². The molecule has 6 aromatic rings. The van der Waals surface area contributed by atoms with E-state index in [9.17, 15) is 9.59 Å². The summed E-state index contributed by atoms with van der Waals surface area (Å²) in [6.45, 7) is 8.80. The van der Waals surface area contributed by atoms with E-state index in [-0.39, 0.29) is 12.7 Å². The van der Waals surface area contributed by atoms with Gasteiger partial charge < -0.3 is 28.4 Å². The van der Waals surface area contributed by atoms with Crippen molar-refractivity contribution < 1.29 is 38.0 Å². The number of hydrogen-bond acceptors (Lipinski definition) is 8. The molecule has 6 aromatic carbocycles. The second-order valence-electron chi connectivity index (χ2n) is 17.8. The Balaban J connectivity index is 0.817. The van der Waals surface area contributed by atoms with Crippen LogP contribution in [0.1, 0.15) is 143 Å². The highest BCUT2D eigenvalue weighted by atomic mass is 16.5. The standard InChI is InChI=1S/C61H72O8/c1-4-6-8-10-12-14-42-64-56-34-26-50(27-35-56)52-30-38-58(39-31-52)67-45-48-18-22-54(23-19-48)60(62)66-44-16-17-47(3)69-61(63)55-24-20-49(21-25-55)46-68-59-40-32-53(33-41-59)51-28-36-57(37-29-51)65-43-15-13-11-9-7-5-2/h18-41,47H,4-17,42-46H2,1-3H3. The lowest BCUT2D eigenvalue weighted by molar-refractivity contribution is 0.0280. The Hall–Kier alpha value is -6.54. The zero-order chi connectivity index (χ0) is 48.3. The molecule has 0 aliphatic rings. The van der Waals surface area contributed by atoms with E-state index < -0.39 is 11.9 Å². The fourth-order valence-electron chi connectivity index (χ4n) is 7.86. The van der Waals surface area contributed by atoms with Gasteiger partial charge in [0.2, 0.25) is 0 Å². The van der Waals surface area contributed by atoms with Gasteiger partial charge in [-0.05, 0) is 139 Å². The minimum Gasteiger partial charge on any atom is -0.494 e. The van der Waals surface area contributed by atoms with Gasteiger partial charge in [0.1, 0.15) is 36.2 Å². The molecule has 0 aliphatic heterocycles. The molecule has 1 unspecified atom stereocenters. The van der Waals surface area contributed by atoms with Gasteiger partial charge >= 0.3 is 11.9 Å². The van der Waals surface area contributed by atoms with Crippen molar-refractivity contribution in [3.05, 3.63) is 168 Å². The Morgan fingerprint density at radius 2 is 0.725 bits per heavy atom. The first kappa shape index (κ1) is 51.8. The quantitative estimate of drug-likeness (QED) is 0.0315. The molecule has 0 N–H and O–H groups in total. The largest absolute Gasteiger partial charge is 0.494 e. The lowest BCUT2D eigenvalue weighted by Gasteiger charge is -2.14. The Bertz CT molecular complexity index is 2360. The maximum Gasteiger partial charge on any atom is 0.338 e. The summed E-state index contributed by atoms with van der Waals surface area (Å²) < 4.78 is 35.1. The number of benzene rings is 6. The molecular formula is C61H72O8. The predicted octanol–water partition coefficient (Wildman–Crippen LogP) is 15.8. The van der Waals surface area contributed by atoms with Crippen LogP contribution in [0.2, 0.25) is 0 Å². The zero-order valence-corrected chi connectivity index (χ0v) is 41.1. The fraction of sp³-hybridized carbons (Fsp3) is 0.377. The zero-order valence-electron chi connectivity index (χ0n) is 41.1. The minimum atomic E-state index is -0.397. The number of unbranched alkanes of at least 4 members (excludes halogenated alkanes) is 10. The second kappa shape index (κ2) is 29.4. The third-order valence-corrected chi connectivity index (χ3v) is 12.1. The van der Waals surface area contributed by atoms with Crippen molar-refractivity contribution in [3.63, 3.8) is 0 Å². The van der Waals surface area contributed by atoms with Crippen LogP contribution in [0.25, 0.3) is 22.3 Å². The summed E-state index contributed by atoms with van der Waals surface area (Å²) in [5.41, 5.74) is 7.26. The summed E-state index contributed by atoms with van der Waals surface area (Å²) in [5.74, 6) is 2.54. The summed E-state index contributed by atoms with van der Waals surface area (Å²) in [7, 11) is 0. The van der Waals surface area contributed by atoms with E-state index in [2.05, 4.69) is 62.4 Å². The van der Waals surface area contributed by atoms with Crippen molar-refractivity contribution in [2.45, 2.75) is 130 Å². The molecule has 0 saturated carbocycles. The van der Waals surface area contributed by atoms with E-state index in [1.165, 1.54) is 64.2 Å². The van der Waals surface area contributed by atoms with Crippen LogP contribution in [0.3, 0.4) is 0 Å². The summed E-state index contributed by atoms with van der Waals surface area (Å²) in [4.78, 5) is 25.6. The molecule has 0 saturated heterocycles. The Morgan fingerprint density at radius 1 is 0.377 bits per heavy atom. The molecule has 6 rings (SSSR count). The van der Waals surface area contributed by atoms with Gasteiger partial charge in [-0.1, -0.05) is 151 Å². The molecule has 364 valence electrons. The molecule has 8 heteroatoms. The molecular weight excluding hydrogens is 861 g/mol. The van der Waals surface area contributed by atoms with Crippen LogP contribution in [0, 0.1) is 0 Å². The minimum absolute atomic E-state index is 0.220. The van der Waals surface area contributed by atoms with E-state index in [0.29, 0.717) is 37.2 Å². The highest BCUT2D eigenvalue weighted by Gasteiger charge is 2.14. The number of esters is 2. The topological polar surface area (TPSA) is 89.5 Å². The van der Waals surface area contributed by atoms with Crippen molar-refractivity contribution in [2.24, 2.45) is 0 Å². The highest BCUT2D eigenvalue weighted by Crippen LogP contribution is 2.27. The summed E-state index contributed by atoms with van der Waals surface area (Å²) in [6.07, 6.45) is 15.8. The van der Waals surface area contributed by atoms with E-state index in [4.69, 9.17) is 28.4 Å². The molecule has 1 atom stereocenters. The molecule has 0 fully saturated rings. The Labute approximate surface area is 411 Å². The number of ether oxygens (including phenoxy) is 6. The van der Waals surface area contributed by atoms with Crippen molar-refractivity contribution in [1.29, 1.82) is 0 Å². The molecule has 69 heavy (non-hydrogen) atoms. The number of carbonyl (C=O) groups excluding carboxylic acids is 2. The molecule has 0 spiro atoms. The third kappa shape index (κ3) is 18.5. The van der Waals surface area contributed by atoms with E-state index >= 15 is 0 Å². The Morgan fingerprint density at radius 3 is 1.12 bits per heavy atom. The SMILES string of the molecule is CCCCCCCCOc1ccc(-c2ccc(OCc3ccc(C(=O)OCCCC(C)OC(=O)c4ccc(COc5ccc(-c6ccc(OCCCCCCCC)cc6)cc5)cc4)cc3)cc2)cc1. The molecule has 0 amide bonds. The van der Waals surface area contributed by atoms with E-state index in [1.807, 2.05) is 79.7 Å². The maximum absolute atomic E-state index is 12.9. The average Bonchev–Trinajstić information content (AvgIpc) is 3.39. The van der Waals surface area contributed by atoms with Gasteiger partial charge in [0.05, 0.1) is 37.1 Å². The molecule has 0 bridgehead atoms. The third-order valence-electron chi connectivity index (χ3n) is 12.1. The smallest absolute Gasteiger partial charge is 0.338 e. The van der Waals surface area contributed by atoms with Gasteiger partial charge in [-0.3, -0.25) is 0 Å². The molecule has 8 nitrogen and oxygen atoms in total. The average molecular weight is 933 g/mol. The summed E-state index contributed by atoms with van der Waals surface area (Å²) >= 11 is 0. The first-order chi connectivity index (χ1) is 33.9. The second-order valence-corrected chi connectivity index (χ2v) is 17.8. The van der Waals surface area contributed by atoms with Gasteiger partial charge in [0.25, 0.3) is 0 Å². The monoisotopic (exact) mass is 933 g/mol. The van der Waals surface area contributed by atoms with Crippen LogP contribution in [0.5, 0.6) is 23.0 Å². The van der Waals surface area contributed by atoms with Crippen molar-refractivity contribution in [2.75, 3.05) is 19.8 Å². The maximum atomic E-state index is 12.9. The Kier molecular flexibility index (Phi) is 22.1. The van der Waals surface area contributed by atoms with Crippen LogP contribution in [-0.4, -0.2) is 37.9 Å². The van der Waals surface area contributed by atoms with Crippen LogP contribution in [0.15, 0.2) is 146 Å². The van der Waals surface area contributed by atoms with Crippen LogP contribution < -0.4 is 18.9 Å².